The Kier molecular flexibility index (Phi) is 4.70. The third kappa shape index (κ3) is 3.81. The monoisotopic (exact) mass is 259 g/mol. The van der Waals surface area contributed by atoms with Gasteiger partial charge in [-0.2, -0.15) is 5.10 Å². The average Bonchev–Trinajstić information content (AvgIpc) is 2.64. The van der Waals surface area contributed by atoms with Gasteiger partial charge in [0.25, 0.3) is 0 Å². The summed E-state index contributed by atoms with van der Waals surface area (Å²) in [7, 11) is -1.25. The van der Waals surface area contributed by atoms with Crippen LogP contribution in [-0.4, -0.2) is 36.2 Å². The van der Waals surface area contributed by atoms with Crippen LogP contribution in [0.2, 0.25) is 0 Å². The van der Waals surface area contributed by atoms with E-state index in [9.17, 15) is 8.42 Å². The van der Waals surface area contributed by atoms with Crippen molar-refractivity contribution >= 4 is 9.84 Å². The van der Waals surface area contributed by atoms with Crippen molar-refractivity contribution in [2.75, 3.05) is 12.8 Å². The van der Waals surface area contributed by atoms with Gasteiger partial charge in [0.2, 0.25) is 0 Å². The minimum absolute atomic E-state index is 0.196. The Hall–Kier alpha value is -0.880. The van der Waals surface area contributed by atoms with Crippen molar-refractivity contribution in [3.8, 4) is 0 Å². The quantitative estimate of drug-likeness (QED) is 0.824. The number of hydrogen-bond acceptors (Lipinski definition) is 4. The van der Waals surface area contributed by atoms with Crippen molar-refractivity contribution in [3.63, 3.8) is 0 Å². The molecule has 0 amide bonds. The fourth-order valence-electron chi connectivity index (χ4n) is 1.70. The van der Waals surface area contributed by atoms with Crippen LogP contribution in [0.25, 0.3) is 0 Å². The van der Waals surface area contributed by atoms with E-state index in [0.29, 0.717) is 0 Å². The number of hydrogen-bond donors (Lipinski definition) is 1. The predicted octanol–water partition coefficient (Wildman–Crippen LogP) is 0.894. The molecule has 0 aliphatic heterocycles. The van der Waals surface area contributed by atoms with Crippen LogP contribution < -0.4 is 5.32 Å². The van der Waals surface area contributed by atoms with E-state index < -0.39 is 15.1 Å². The van der Waals surface area contributed by atoms with Crippen molar-refractivity contribution in [1.29, 1.82) is 0 Å². The van der Waals surface area contributed by atoms with Crippen LogP contribution in [0, 0.1) is 0 Å². The van der Waals surface area contributed by atoms with Crippen molar-refractivity contribution < 1.29 is 8.42 Å². The number of nitrogens with zero attached hydrogens (tertiary/aromatic N) is 2. The van der Waals surface area contributed by atoms with E-state index in [0.717, 1.165) is 18.5 Å². The summed E-state index contributed by atoms with van der Waals surface area (Å²) in [5.74, 6) is 0. The first kappa shape index (κ1) is 14.2. The highest BCUT2D eigenvalue weighted by atomic mass is 32.2. The first-order valence-electron chi connectivity index (χ1n) is 5.77. The van der Waals surface area contributed by atoms with Gasteiger partial charge in [-0.25, -0.2) is 8.42 Å². The molecular weight excluding hydrogens is 238 g/mol. The van der Waals surface area contributed by atoms with E-state index in [1.54, 1.807) is 17.8 Å². The van der Waals surface area contributed by atoms with Gasteiger partial charge in [0, 0.05) is 25.1 Å². The van der Waals surface area contributed by atoms with Gasteiger partial charge in [-0.1, -0.05) is 6.92 Å². The topological polar surface area (TPSA) is 64.0 Å². The highest BCUT2D eigenvalue weighted by Gasteiger charge is 2.27. The van der Waals surface area contributed by atoms with Gasteiger partial charge in [0.1, 0.15) is 0 Å². The summed E-state index contributed by atoms with van der Waals surface area (Å²) < 4.78 is 25.0. The Morgan fingerprint density at radius 2 is 2.18 bits per heavy atom. The molecule has 0 fully saturated rings. The lowest BCUT2D eigenvalue weighted by Gasteiger charge is -2.22. The lowest BCUT2D eigenvalue weighted by molar-refractivity contribution is 0.500. The van der Waals surface area contributed by atoms with Crippen molar-refractivity contribution in [3.05, 3.63) is 18.0 Å². The number of aromatic nitrogens is 2. The molecule has 0 bridgehead atoms. The fourth-order valence-corrected chi connectivity index (χ4v) is 2.45. The van der Waals surface area contributed by atoms with Crippen LogP contribution in [0.1, 0.15) is 31.9 Å². The normalized spacial score (nSPS) is 15.8. The van der Waals surface area contributed by atoms with Gasteiger partial charge in [0.05, 0.1) is 17.5 Å². The summed E-state index contributed by atoms with van der Waals surface area (Å²) in [5, 5.41) is 6.90. The van der Waals surface area contributed by atoms with E-state index in [-0.39, 0.29) is 6.04 Å². The Morgan fingerprint density at radius 3 is 2.59 bits per heavy atom. The summed E-state index contributed by atoms with van der Waals surface area (Å²) in [6.07, 6.45) is 5.81. The fraction of sp³-hybridized carbons (Fsp3) is 0.727. The molecule has 0 aromatic carbocycles. The van der Waals surface area contributed by atoms with E-state index in [1.807, 2.05) is 13.2 Å². The largest absolute Gasteiger partial charge is 0.309 e. The second-order valence-electron chi connectivity index (χ2n) is 4.41. The molecule has 0 aliphatic carbocycles. The van der Waals surface area contributed by atoms with Crippen LogP contribution in [0.3, 0.4) is 0 Å². The van der Waals surface area contributed by atoms with Crippen LogP contribution in [-0.2, 0) is 16.9 Å². The second-order valence-corrected chi connectivity index (χ2v) is 6.82. The van der Waals surface area contributed by atoms with Crippen molar-refractivity contribution in [2.24, 2.45) is 7.05 Å². The molecule has 98 valence electrons. The maximum atomic E-state index is 11.6. The SMILES string of the molecule is CCCNC(c1cnn(C)c1)C(C)S(C)(=O)=O. The van der Waals surface area contributed by atoms with E-state index in [1.165, 1.54) is 6.26 Å². The zero-order valence-corrected chi connectivity index (χ0v) is 11.7. The molecule has 0 saturated heterocycles. The minimum Gasteiger partial charge on any atom is -0.309 e. The lowest BCUT2D eigenvalue weighted by Crippen LogP contribution is -2.35. The van der Waals surface area contributed by atoms with Gasteiger partial charge >= 0.3 is 0 Å². The molecule has 1 rings (SSSR count). The average molecular weight is 259 g/mol. The molecule has 0 spiro atoms. The van der Waals surface area contributed by atoms with E-state index >= 15 is 0 Å². The Balaban J connectivity index is 2.95. The number of aryl methyl sites for hydroxylation is 1. The molecule has 1 N–H and O–H groups in total. The lowest BCUT2D eigenvalue weighted by atomic mass is 10.1. The third-order valence-corrected chi connectivity index (χ3v) is 4.47. The minimum atomic E-state index is -3.07. The van der Waals surface area contributed by atoms with Crippen molar-refractivity contribution in [1.82, 2.24) is 15.1 Å². The molecule has 6 heteroatoms. The van der Waals surface area contributed by atoms with Crippen LogP contribution in [0.4, 0.5) is 0 Å². The smallest absolute Gasteiger partial charge is 0.151 e. The summed E-state index contributed by atoms with van der Waals surface area (Å²) in [6, 6.07) is -0.196. The summed E-state index contributed by atoms with van der Waals surface area (Å²) in [5.41, 5.74) is 0.916. The number of sulfone groups is 1. The molecule has 0 saturated carbocycles. The van der Waals surface area contributed by atoms with Gasteiger partial charge in [-0.3, -0.25) is 4.68 Å². The van der Waals surface area contributed by atoms with Crippen molar-refractivity contribution in [2.45, 2.75) is 31.6 Å². The van der Waals surface area contributed by atoms with Gasteiger partial charge < -0.3 is 5.32 Å². The molecule has 0 aliphatic rings. The zero-order valence-electron chi connectivity index (χ0n) is 10.8. The molecule has 5 nitrogen and oxygen atoms in total. The first-order valence-corrected chi connectivity index (χ1v) is 7.72. The summed E-state index contributed by atoms with van der Waals surface area (Å²) in [6.45, 7) is 4.58. The molecule has 2 unspecified atom stereocenters. The molecule has 2 atom stereocenters. The maximum absolute atomic E-state index is 11.6. The molecule has 0 radical (unpaired) electrons. The van der Waals surface area contributed by atoms with Gasteiger partial charge in [0.15, 0.2) is 9.84 Å². The zero-order chi connectivity index (χ0) is 13.1. The second kappa shape index (κ2) is 5.64. The molecule has 1 heterocycles. The van der Waals surface area contributed by atoms with Crippen LogP contribution in [0.15, 0.2) is 12.4 Å². The highest BCUT2D eigenvalue weighted by Crippen LogP contribution is 2.21. The Labute approximate surface area is 103 Å². The Morgan fingerprint density at radius 1 is 1.53 bits per heavy atom. The van der Waals surface area contributed by atoms with Crippen LogP contribution >= 0.6 is 0 Å². The van der Waals surface area contributed by atoms with E-state index in [4.69, 9.17) is 0 Å². The highest BCUT2D eigenvalue weighted by molar-refractivity contribution is 7.91. The number of rotatable bonds is 6. The Bertz CT molecular complexity index is 453. The molecular formula is C11H21N3O2S. The molecule has 1 aromatic rings. The molecule has 1 aromatic heterocycles. The predicted molar refractivity (Wildman–Crippen MR) is 68.5 cm³/mol. The van der Waals surface area contributed by atoms with E-state index in [2.05, 4.69) is 17.3 Å². The summed E-state index contributed by atoms with van der Waals surface area (Å²) in [4.78, 5) is 0. The number of nitrogens with one attached hydrogen (secondary N) is 1. The van der Waals surface area contributed by atoms with Crippen LogP contribution in [0.5, 0.6) is 0 Å². The van der Waals surface area contributed by atoms with Gasteiger partial charge in [-0.05, 0) is 19.9 Å². The summed E-state index contributed by atoms with van der Waals surface area (Å²) >= 11 is 0. The standard InChI is InChI=1S/C11H21N3O2S/c1-5-6-12-11(9(2)17(4,15)16)10-7-13-14(3)8-10/h7-9,11-12H,5-6H2,1-4H3. The third-order valence-electron chi connectivity index (χ3n) is 2.84. The first-order chi connectivity index (χ1) is 7.86. The maximum Gasteiger partial charge on any atom is 0.151 e. The van der Waals surface area contributed by atoms with Gasteiger partial charge in [-0.15, -0.1) is 0 Å². The molecule has 17 heavy (non-hydrogen) atoms.